The van der Waals surface area contributed by atoms with Crippen LogP contribution in [-0.4, -0.2) is 24.7 Å². The molecule has 6 nitrogen and oxygen atoms in total. The van der Waals surface area contributed by atoms with Gasteiger partial charge in [0.25, 0.3) is 5.69 Å². The Labute approximate surface area is 141 Å². The number of sulfonamides is 1. The Morgan fingerprint density at radius 1 is 1.08 bits per heavy atom. The van der Waals surface area contributed by atoms with Gasteiger partial charge in [0, 0.05) is 25.2 Å². The number of hydrogen-bond acceptors (Lipinski definition) is 4. The van der Waals surface area contributed by atoms with E-state index in [1.807, 2.05) is 13.8 Å². The second-order valence-corrected chi connectivity index (χ2v) is 7.79. The SMILES string of the molecule is Cc1ccc(S(=O)(=O)N(C)[C@@H](C)c2cccc([N+](=O)[O-])c2)cc1C. The largest absolute Gasteiger partial charge is 0.269 e. The molecule has 0 spiro atoms. The van der Waals surface area contributed by atoms with E-state index >= 15 is 0 Å². The first-order valence-electron chi connectivity index (χ1n) is 7.44. The Hall–Kier alpha value is -2.25. The van der Waals surface area contributed by atoms with Crippen molar-refractivity contribution in [2.75, 3.05) is 7.05 Å². The number of benzene rings is 2. The quantitative estimate of drug-likeness (QED) is 0.611. The molecule has 0 N–H and O–H groups in total. The molecule has 0 heterocycles. The monoisotopic (exact) mass is 348 g/mol. The van der Waals surface area contributed by atoms with Gasteiger partial charge in [0.1, 0.15) is 0 Å². The summed E-state index contributed by atoms with van der Waals surface area (Å²) in [6.45, 7) is 5.48. The van der Waals surface area contributed by atoms with Crippen molar-refractivity contribution >= 4 is 15.7 Å². The topological polar surface area (TPSA) is 80.5 Å². The van der Waals surface area contributed by atoms with Crippen LogP contribution in [0.4, 0.5) is 5.69 Å². The molecule has 0 aliphatic heterocycles. The minimum absolute atomic E-state index is 0.0590. The van der Waals surface area contributed by atoms with Crippen LogP contribution in [-0.2, 0) is 10.0 Å². The number of non-ortho nitro benzene ring substituents is 1. The van der Waals surface area contributed by atoms with Crippen LogP contribution in [0.1, 0.15) is 29.7 Å². The smallest absolute Gasteiger partial charge is 0.258 e. The maximum Gasteiger partial charge on any atom is 0.269 e. The Morgan fingerprint density at radius 2 is 1.75 bits per heavy atom. The molecule has 2 rings (SSSR count). The summed E-state index contributed by atoms with van der Waals surface area (Å²) in [7, 11) is -2.22. The standard InChI is InChI=1S/C17H20N2O4S/c1-12-8-9-17(10-13(12)2)24(22,23)18(4)14(3)15-6-5-7-16(11-15)19(20)21/h5-11,14H,1-4H3/t14-/m0/s1. The Kier molecular flexibility index (Phi) is 5.05. The van der Waals surface area contributed by atoms with Gasteiger partial charge >= 0.3 is 0 Å². The molecular formula is C17H20N2O4S. The number of nitrogens with zero attached hydrogens (tertiary/aromatic N) is 2. The third kappa shape index (κ3) is 3.47. The number of rotatable bonds is 5. The van der Waals surface area contributed by atoms with Crippen molar-refractivity contribution in [3.63, 3.8) is 0 Å². The highest BCUT2D eigenvalue weighted by Crippen LogP contribution is 2.28. The summed E-state index contributed by atoms with van der Waals surface area (Å²) in [6.07, 6.45) is 0. The van der Waals surface area contributed by atoms with Gasteiger partial charge in [-0.05, 0) is 49.6 Å². The molecule has 0 unspecified atom stereocenters. The van der Waals surface area contributed by atoms with E-state index in [-0.39, 0.29) is 10.6 Å². The molecule has 24 heavy (non-hydrogen) atoms. The average molecular weight is 348 g/mol. The maximum absolute atomic E-state index is 12.8. The summed E-state index contributed by atoms with van der Waals surface area (Å²) >= 11 is 0. The van der Waals surface area contributed by atoms with Crippen LogP contribution >= 0.6 is 0 Å². The lowest BCUT2D eigenvalue weighted by Crippen LogP contribution is -2.30. The lowest BCUT2D eigenvalue weighted by molar-refractivity contribution is -0.384. The van der Waals surface area contributed by atoms with E-state index in [4.69, 9.17) is 0 Å². The summed E-state index contributed by atoms with van der Waals surface area (Å²) < 4.78 is 26.9. The third-order valence-corrected chi connectivity index (χ3v) is 6.19. The van der Waals surface area contributed by atoms with E-state index in [1.165, 1.54) is 23.5 Å². The lowest BCUT2D eigenvalue weighted by atomic mass is 10.1. The first-order valence-corrected chi connectivity index (χ1v) is 8.88. The number of nitro benzene ring substituents is 1. The van der Waals surface area contributed by atoms with Gasteiger partial charge in [-0.2, -0.15) is 4.31 Å². The van der Waals surface area contributed by atoms with Crippen LogP contribution in [0.2, 0.25) is 0 Å². The molecular weight excluding hydrogens is 328 g/mol. The molecule has 1 atom stereocenters. The van der Waals surface area contributed by atoms with Crippen molar-refractivity contribution in [2.24, 2.45) is 0 Å². The van der Waals surface area contributed by atoms with Crippen LogP contribution in [0.25, 0.3) is 0 Å². The Balaban J connectivity index is 2.38. The molecule has 0 aromatic heterocycles. The van der Waals surface area contributed by atoms with Crippen LogP contribution in [0, 0.1) is 24.0 Å². The molecule has 0 saturated carbocycles. The first kappa shape index (κ1) is 18.1. The van der Waals surface area contributed by atoms with Crippen molar-refractivity contribution in [2.45, 2.75) is 31.7 Å². The van der Waals surface area contributed by atoms with Crippen LogP contribution in [0.3, 0.4) is 0 Å². The van der Waals surface area contributed by atoms with Crippen LogP contribution in [0.5, 0.6) is 0 Å². The molecule has 0 aliphatic rings. The maximum atomic E-state index is 12.8. The minimum Gasteiger partial charge on any atom is -0.258 e. The van der Waals surface area contributed by atoms with Crippen molar-refractivity contribution in [1.29, 1.82) is 0 Å². The Bertz CT molecular complexity index is 878. The normalized spacial score (nSPS) is 13.0. The summed E-state index contributed by atoms with van der Waals surface area (Å²) in [6, 6.07) is 10.5. The summed E-state index contributed by atoms with van der Waals surface area (Å²) in [5, 5.41) is 10.9. The zero-order valence-corrected chi connectivity index (χ0v) is 14.9. The highest BCUT2D eigenvalue weighted by atomic mass is 32.2. The molecule has 7 heteroatoms. The lowest BCUT2D eigenvalue weighted by Gasteiger charge is -2.25. The Morgan fingerprint density at radius 3 is 2.33 bits per heavy atom. The van der Waals surface area contributed by atoms with Gasteiger partial charge in [-0.1, -0.05) is 18.2 Å². The number of nitro groups is 1. The van der Waals surface area contributed by atoms with Crippen molar-refractivity contribution in [3.05, 3.63) is 69.3 Å². The van der Waals surface area contributed by atoms with Gasteiger partial charge in [0.05, 0.1) is 9.82 Å². The van der Waals surface area contributed by atoms with Gasteiger partial charge < -0.3 is 0 Å². The fraction of sp³-hybridized carbons (Fsp3) is 0.294. The summed E-state index contributed by atoms with van der Waals surface area (Å²) in [5.41, 5.74) is 2.42. The molecule has 2 aromatic rings. The van der Waals surface area contributed by atoms with E-state index in [9.17, 15) is 18.5 Å². The van der Waals surface area contributed by atoms with Gasteiger partial charge in [-0.25, -0.2) is 8.42 Å². The van der Waals surface area contributed by atoms with Gasteiger partial charge in [0.15, 0.2) is 0 Å². The highest BCUT2D eigenvalue weighted by Gasteiger charge is 2.27. The molecule has 0 saturated heterocycles. The first-order chi connectivity index (χ1) is 11.1. The number of hydrogen-bond donors (Lipinski definition) is 0. The van der Waals surface area contributed by atoms with Crippen molar-refractivity contribution < 1.29 is 13.3 Å². The van der Waals surface area contributed by atoms with Gasteiger partial charge in [-0.15, -0.1) is 0 Å². The van der Waals surface area contributed by atoms with E-state index in [0.717, 1.165) is 11.1 Å². The molecule has 0 aliphatic carbocycles. The minimum atomic E-state index is -3.70. The van der Waals surface area contributed by atoms with Gasteiger partial charge in [0.2, 0.25) is 10.0 Å². The molecule has 0 bridgehead atoms. The van der Waals surface area contributed by atoms with Crippen LogP contribution in [0.15, 0.2) is 47.4 Å². The predicted octanol–water partition coefficient (Wildman–Crippen LogP) is 3.59. The predicted molar refractivity (Wildman–Crippen MR) is 92.4 cm³/mol. The second kappa shape index (κ2) is 6.70. The molecule has 0 fully saturated rings. The van der Waals surface area contributed by atoms with Gasteiger partial charge in [-0.3, -0.25) is 10.1 Å². The third-order valence-electron chi connectivity index (χ3n) is 4.26. The van der Waals surface area contributed by atoms with E-state index < -0.39 is 21.0 Å². The molecule has 0 radical (unpaired) electrons. The van der Waals surface area contributed by atoms with E-state index in [1.54, 1.807) is 37.3 Å². The van der Waals surface area contributed by atoms with Crippen LogP contribution < -0.4 is 0 Å². The van der Waals surface area contributed by atoms with Crippen molar-refractivity contribution in [1.82, 2.24) is 4.31 Å². The van der Waals surface area contributed by atoms with E-state index in [2.05, 4.69) is 0 Å². The fourth-order valence-corrected chi connectivity index (χ4v) is 3.79. The number of aryl methyl sites for hydroxylation is 2. The van der Waals surface area contributed by atoms with E-state index in [0.29, 0.717) is 5.56 Å². The zero-order chi connectivity index (χ0) is 18.1. The average Bonchev–Trinajstić information content (AvgIpc) is 2.55. The molecule has 0 amide bonds. The zero-order valence-electron chi connectivity index (χ0n) is 14.1. The molecule has 128 valence electrons. The molecule has 2 aromatic carbocycles. The van der Waals surface area contributed by atoms with Crippen molar-refractivity contribution in [3.8, 4) is 0 Å². The second-order valence-electron chi connectivity index (χ2n) is 5.80. The summed E-state index contributed by atoms with van der Waals surface area (Å²) in [4.78, 5) is 10.6. The fourth-order valence-electron chi connectivity index (χ4n) is 2.36. The summed E-state index contributed by atoms with van der Waals surface area (Å²) in [5.74, 6) is 0. The highest BCUT2D eigenvalue weighted by molar-refractivity contribution is 7.89.